The maximum Gasteiger partial charge on any atom is 0.309 e. The molecule has 0 aliphatic heterocycles. The maximum absolute atomic E-state index is 11.0. The van der Waals surface area contributed by atoms with E-state index in [1.165, 1.54) is 0 Å². The number of carboxylic acid groups (broad SMARTS) is 1. The van der Waals surface area contributed by atoms with Crippen molar-refractivity contribution in [2.45, 2.75) is 52.6 Å². The van der Waals surface area contributed by atoms with Crippen molar-refractivity contribution in [2.24, 2.45) is 5.92 Å². The molecular weight excluding hydrogens is 192 g/mol. The lowest BCUT2D eigenvalue weighted by Crippen LogP contribution is -2.38. The highest BCUT2D eigenvalue weighted by Gasteiger charge is 2.34. The van der Waals surface area contributed by atoms with Crippen molar-refractivity contribution >= 4 is 5.97 Å². The monoisotopic (exact) mass is 214 g/mol. The summed E-state index contributed by atoms with van der Waals surface area (Å²) in [5.41, 5.74) is -0.317. The second-order valence-corrected chi connectivity index (χ2v) is 4.48. The SMILES string of the molecule is CCCCC(C(=O)O)C(C)(O)C=C(C)C. The standard InChI is InChI=1S/C12H22O3/c1-5-6-7-10(11(13)14)12(4,15)8-9(2)3/h8,10,15H,5-7H2,1-4H3,(H,13,14). The predicted molar refractivity (Wildman–Crippen MR) is 60.7 cm³/mol. The number of allylic oxidation sites excluding steroid dienone is 1. The maximum atomic E-state index is 11.0. The molecule has 2 N–H and O–H groups in total. The first-order valence-electron chi connectivity index (χ1n) is 5.42. The molecule has 0 aliphatic rings. The van der Waals surface area contributed by atoms with E-state index in [0.717, 1.165) is 18.4 Å². The summed E-state index contributed by atoms with van der Waals surface area (Å²) >= 11 is 0. The van der Waals surface area contributed by atoms with Crippen molar-refractivity contribution in [1.29, 1.82) is 0 Å². The fourth-order valence-electron chi connectivity index (χ4n) is 1.76. The number of hydrogen-bond donors (Lipinski definition) is 2. The van der Waals surface area contributed by atoms with E-state index < -0.39 is 17.5 Å². The van der Waals surface area contributed by atoms with Gasteiger partial charge in [0.25, 0.3) is 0 Å². The number of aliphatic carboxylic acids is 1. The van der Waals surface area contributed by atoms with Gasteiger partial charge in [0.05, 0.1) is 11.5 Å². The molecule has 3 nitrogen and oxygen atoms in total. The molecule has 0 spiro atoms. The van der Waals surface area contributed by atoms with E-state index in [2.05, 4.69) is 0 Å². The Morgan fingerprint density at radius 3 is 2.33 bits per heavy atom. The number of carboxylic acids is 1. The Hall–Kier alpha value is -0.830. The zero-order chi connectivity index (χ0) is 12.1. The number of rotatable bonds is 6. The highest BCUT2D eigenvalue weighted by molar-refractivity contribution is 5.72. The molecule has 0 aromatic carbocycles. The second kappa shape index (κ2) is 5.91. The van der Waals surface area contributed by atoms with Gasteiger partial charge in [-0.2, -0.15) is 0 Å². The van der Waals surface area contributed by atoms with Crippen molar-refractivity contribution in [2.75, 3.05) is 0 Å². The molecule has 0 aromatic heterocycles. The molecule has 0 amide bonds. The molecule has 2 atom stereocenters. The average Bonchev–Trinajstić information content (AvgIpc) is 2.00. The molecule has 88 valence electrons. The fourth-order valence-corrected chi connectivity index (χ4v) is 1.76. The first-order chi connectivity index (χ1) is 6.81. The van der Waals surface area contributed by atoms with Gasteiger partial charge in [-0.15, -0.1) is 0 Å². The molecule has 0 fully saturated rings. The highest BCUT2D eigenvalue weighted by atomic mass is 16.4. The van der Waals surface area contributed by atoms with E-state index in [1.54, 1.807) is 13.0 Å². The van der Waals surface area contributed by atoms with E-state index in [4.69, 9.17) is 5.11 Å². The van der Waals surface area contributed by atoms with Crippen molar-refractivity contribution in [3.05, 3.63) is 11.6 Å². The first kappa shape index (κ1) is 14.2. The summed E-state index contributed by atoms with van der Waals surface area (Å²) in [4.78, 5) is 11.0. The van der Waals surface area contributed by atoms with E-state index in [-0.39, 0.29) is 0 Å². The van der Waals surface area contributed by atoms with Crippen LogP contribution in [0.3, 0.4) is 0 Å². The van der Waals surface area contributed by atoms with E-state index in [1.807, 2.05) is 20.8 Å². The van der Waals surface area contributed by atoms with Gasteiger partial charge in [0.15, 0.2) is 0 Å². The van der Waals surface area contributed by atoms with E-state index in [9.17, 15) is 9.90 Å². The van der Waals surface area contributed by atoms with Crippen molar-refractivity contribution in [3.63, 3.8) is 0 Å². The van der Waals surface area contributed by atoms with Crippen LogP contribution >= 0.6 is 0 Å². The first-order valence-corrected chi connectivity index (χ1v) is 5.42. The zero-order valence-corrected chi connectivity index (χ0v) is 10.1. The largest absolute Gasteiger partial charge is 0.481 e. The van der Waals surface area contributed by atoms with Crippen molar-refractivity contribution in [3.8, 4) is 0 Å². The van der Waals surface area contributed by atoms with Crippen LogP contribution in [0.5, 0.6) is 0 Å². The van der Waals surface area contributed by atoms with Crippen LogP contribution in [0.1, 0.15) is 47.0 Å². The van der Waals surface area contributed by atoms with Crippen molar-refractivity contribution < 1.29 is 15.0 Å². The minimum absolute atomic E-state index is 0.516. The Labute approximate surface area is 91.8 Å². The summed E-state index contributed by atoms with van der Waals surface area (Å²) in [6.45, 7) is 7.28. The van der Waals surface area contributed by atoms with Gasteiger partial charge in [0, 0.05) is 0 Å². The van der Waals surface area contributed by atoms with Gasteiger partial charge in [-0.25, -0.2) is 0 Å². The van der Waals surface area contributed by atoms with Crippen LogP contribution in [0.25, 0.3) is 0 Å². The highest BCUT2D eigenvalue weighted by Crippen LogP contribution is 2.25. The Kier molecular flexibility index (Phi) is 5.58. The lowest BCUT2D eigenvalue weighted by Gasteiger charge is -2.27. The molecule has 0 saturated carbocycles. The zero-order valence-electron chi connectivity index (χ0n) is 10.1. The fraction of sp³-hybridized carbons (Fsp3) is 0.750. The van der Waals surface area contributed by atoms with Gasteiger partial charge in [-0.05, 0) is 27.2 Å². The second-order valence-electron chi connectivity index (χ2n) is 4.48. The summed E-state index contributed by atoms with van der Waals surface area (Å²) in [5.74, 6) is -1.64. The predicted octanol–water partition coefficient (Wildman–Crippen LogP) is 2.59. The van der Waals surface area contributed by atoms with Gasteiger partial charge >= 0.3 is 5.97 Å². The summed E-state index contributed by atoms with van der Waals surface area (Å²) in [7, 11) is 0. The van der Waals surface area contributed by atoms with Crippen LogP contribution < -0.4 is 0 Å². The number of carbonyl (C=O) groups is 1. The summed E-state index contributed by atoms with van der Waals surface area (Å²) in [5, 5.41) is 19.1. The van der Waals surface area contributed by atoms with Crippen LogP contribution in [-0.2, 0) is 4.79 Å². The molecule has 0 bridgehead atoms. The molecular formula is C12H22O3. The molecule has 0 radical (unpaired) electrons. The summed E-state index contributed by atoms with van der Waals surface area (Å²) < 4.78 is 0. The molecule has 0 aliphatic carbocycles. The third-order valence-electron chi connectivity index (χ3n) is 2.43. The number of unbranched alkanes of at least 4 members (excludes halogenated alkanes) is 1. The van der Waals surface area contributed by atoms with Gasteiger partial charge in [-0.1, -0.05) is 31.4 Å². The number of aliphatic hydroxyl groups is 1. The minimum Gasteiger partial charge on any atom is -0.481 e. The minimum atomic E-state index is -1.25. The lowest BCUT2D eigenvalue weighted by molar-refractivity contribution is -0.148. The van der Waals surface area contributed by atoms with Gasteiger partial charge < -0.3 is 10.2 Å². The average molecular weight is 214 g/mol. The van der Waals surface area contributed by atoms with Gasteiger partial charge in [0.1, 0.15) is 0 Å². The van der Waals surface area contributed by atoms with Crippen LogP contribution in [0.2, 0.25) is 0 Å². The van der Waals surface area contributed by atoms with Gasteiger partial charge in [-0.3, -0.25) is 4.79 Å². The van der Waals surface area contributed by atoms with Crippen LogP contribution in [0.15, 0.2) is 11.6 Å². The third kappa shape index (κ3) is 4.98. The molecule has 0 aromatic rings. The molecule has 15 heavy (non-hydrogen) atoms. The Bertz CT molecular complexity index is 237. The lowest BCUT2D eigenvalue weighted by atomic mass is 9.84. The Morgan fingerprint density at radius 1 is 1.47 bits per heavy atom. The van der Waals surface area contributed by atoms with Crippen LogP contribution in [0.4, 0.5) is 0 Å². The molecule has 0 saturated heterocycles. The third-order valence-corrected chi connectivity index (χ3v) is 2.43. The molecule has 0 rings (SSSR count). The Morgan fingerprint density at radius 2 is 2.00 bits per heavy atom. The van der Waals surface area contributed by atoms with E-state index in [0.29, 0.717) is 6.42 Å². The smallest absolute Gasteiger partial charge is 0.309 e. The molecule has 0 heterocycles. The molecule has 3 heteroatoms. The van der Waals surface area contributed by atoms with Crippen LogP contribution in [-0.4, -0.2) is 21.8 Å². The normalized spacial score (nSPS) is 16.6. The van der Waals surface area contributed by atoms with Gasteiger partial charge in [0.2, 0.25) is 0 Å². The molecule has 2 unspecified atom stereocenters. The number of hydrogen-bond acceptors (Lipinski definition) is 2. The van der Waals surface area contributed by atoms with Crippen LogP contribution in [0, 0.1) is 5.92 Å². The Balaban J connectivity index is 4.74. The summed E-state index contributed by atoms with van der Waals surface area (Å²) in [6, 6.07) is 0. The summed E-state index contributed by atoms with van der Waals surface area (Å²) in [6.07, 6.45) is 3.91. The quantitative estimate of drug-likeness (QED) is 0.668. The van der Waals surface area contributed by atoms with E-state index >= 15 is 0 Å². The van der Waals surface area contributed by atoms with Crippen molar-refractivity contribution in [1.82, 2.24) is 0 Å². The topological polar surface area (TPSA) is 57.5 Å².